The normalized spacial score (nSPS) is 14.8. The molecule has 3 rings (SSSR count). The third-order valence-electron chi connectivity index (χ3n) is 3.54. The number of aromatic nitrogens is 1. The van der Waals surface area contributed by atoms with E-state index in [9.17, 15) is 9.90 Å². The number of carbonyl (C=O) groups excluding carboxylic acids is 1. The molecule has 0 saturated heterocycles. The van der Waals surface area contributed by atoms with Crippen molar-refractivity contribution in [2.75, 3.05) is 6.54 Å². The highest BCUT2D eigenvalue weighted by molar-refractivity contribution is 6.00. The molecular weight excluding hydrogens is 240 g/mol. The summed E-state index contributed by atoms with van der Waals surface area (Å²) in [5, 5.41) is 13.6. The number of hydrogen-bond donors (Lipinski definition) is 2. The number of fused-ring (bicyclic) bond motifs is 3. The maximum absolute atomic E-state index is 11.9. The number of aromatic hydroxyl groups is 1. The van der Waals surface area contributed by atoms with Gasteiger partial charge in [0.25, 0.3) is 5.91 Å². The van der Waals surface area contributed by atoms with Crippen molar-refractivity contribution in [3.8, 4) is 5.75 Å². The molecule has 0 saturated carbocycles. The Morgan fingerprint density at radius 1 is 1.37 bits per heavy atom. The zero-order valence-corrected chi connectivity index (χ0v) is 11.2. The first-order chi connectivity index (χ1) is 9.06. The van der Waals surface area contributed by atoms with E-state index < -0.39 is 0 Å². The van der Waals surface area contributed by atoms with E-state index in [1.807, 2.05) is 12.1 Å². The van der Waals surface area contributed by atoms with Crippen LogP contribution in [-0.2, 0) is 13.0 Å². The van der Waals surface area contributed by atoms with E-state index in [2.05, 4.69) is 23.7 Å². The molecule has 0 atom stereocenters. The molecule has 0 aliphatic carbocycles. The highest BCUT2D eigenvalue weighted by Crippen LogP contribution is 2.30. The van der Waals surface area contributed by atoms with Crippen molar-refractivity contribution in [2.45, 2.75) is 26.8 Å². The monoisotopic (exact) mass is 258 g/mol. The zero-order chi connectivity index (χ0) is 13.6. The summed E-state index contributed by atoms with van der Waals surface area (Å²) in [5.74, 6) is 0.748. The molecule has 4 nitrogen and oxygen atoms in total. The summed E-state index contributed by atoms with van der Waals surface area (Å²) in [6.45, 7) is 5.77. The molecule has 2 N–H and O–H groups in total. The number of nitrogens with zero attached hydrogens (tertiary/aromatic N) is 1. The third kappa shape index (κ3) is 1.97. The average Bonchev–Trinajstić information content (AvgIpc) is 2.67. The number of rotatable bonds is 2. The highest BCUT2D eigenvalue weighted by atomic mass is 16.3. The Balaban J connectivity index is 2.27. The fraction of sp³-hybridized carbons (Fsp3) is 0.400. The van der Waals surface area contributed by atoms with Crippen molar-refractivity contribution in [1.82, 2.24) is 9.88 Å². The van der Waals surface area contributed by atoms with Crippen molar-refractivity contribution < 1.29 is 9.90 Å². The van der Waals surface area contributed by atoms with Gasteiger partial charge in [0, 0.05) is 18.5 Å². The smallest absolute Gasteiger partial charge is 0.268 e. The molecule has 1 aromatic heterocycles. The maximum atomic E-state index is 11.9. The van der Waals surface area contributed by atoms with Crippen LogP contribution in [0.3, 0.4) is 0 Å². The molecule has 0 radical (unpaired) electrons. The minimum absolute atomic E-state index is 0.0302. The maximum Gasteiger partial charge on any atom is 0.268 e. The molecule has 19 heavy (non-hydrogen) atoms. The van der Waals surface area contributed by atoms with Crippen LogP contribution in [0, 0.1) is 5.92 Å². The molecule has 0 fully saturated rings. The van der Waals surface area contributed by atoms with Crippen LogP contribution in [0.25, 0.3) is 10.9 Å². The Morgan fingerprint density at radius 2 is 2.16 bits per heavy atom. The zero-order valence-electron chi connectivity index (χ0n) is 11.2. The Labute approximate surface area is 112 Å². The summed E-state index contributed by atoms with van der Waals surface area (Å²) in [7, 11) is 0. The van der Waals surface area contributed by atoms with Gasteiger partial charge in [0.2, 0.25) is 0 Å². The lowest BCUT2D eigenvalue weighted by atomic mass is 10.0. The Kier molecular flexibility index (Phi) is 2.73. The first-order valence-corrected chi connectivity index (χ1v) is 6.69. The second-order valence-electron chi connectivity index (χ2n) is 5.58. The first-order valence-electron chi connectivity index (χ1n) is 6.69. The Bertz CT molecular complexity index is 656. The van der Waals surface area contributed by atoms with E-state index >= 15 is 0 Å². The first kappa shape index (κ1) is 12.1. The van der Waals surface area contributed by atoms with E-state index in [0.29, 0.717) is 18.2 Å². The SMILES string of the molecule is CC(C)Cc1cc(O)cc2cc3n(c12)CCNC3=O. The minimum atomic E-state index is -0.0302. The van der Waals surface area contributed by atoms with Crippen LogP contribution in [0.15, 0.2) is 18.2 Å². The van der Waals surface area contributed by atoms with E-state index in [1.54, 1.807) is 6.07 Å². The second-order valence-corrected chi connectivity index (χ2v) is 5.58. The predicted octanol–water partition coefficient (Wildman–Crippen LogP) is 2.29. The van der Waals surface area contributed by atoms with Gasteiger partial charge in [-0.05, 0) is 36.1 Å². The Hall–Kier alpha value is -1.97. The van der Waals surface area contributed by atoms with Gasteiger partial charge in [-0.3, -0.25) is 4.79 Å². The molecule has 1 aliphatic heterocycles. The summed E-state index contributed by atoms with van der Waals surface area (Å²) < 4.78 is 2.07. The number of amides is 1. The molecule has 1 aromatic carbocycles. The third-order valence-corrected chi connectivity index (χ3v) is 3.54. The van der Waals surface area contributed by atoms with Crippen molar-refractivity contribution in [1.29, 1.82) is 0 Å². The van der Waals surface area contributed by atoms with Gasteiger partial charge in [-0.25, -0.2) is 0 Å². The van der Waals surface area contributed by atoms with Crippen LogP contribution >= 0.6 is 0 Å². The van der Waals surface area contributed by atoms with Gasteiger partial charge < -0.3 is 15.0 Å². The van der Waals surface area contributed by atoms with E-state index in [1.165, 1.54) is 0 Å². The summed E-state index contributed by atoms with van der Waals surface area (Å²) in [5.41, 5.74) is 2.90. The number of hydrogen-bond acceptors (Lipinski definition) is 2. The number of carbonyl (C=O) groups is 1. The van der Waals surface area contributed by atoms with Gasteiger partial charge >= 0.3 is 0 Å². The Morgan fingerprint density at radius 3 is 2.89 bits per heavy atom. The lowest BCUT2D eigenvalue weighted by molar-refractivity contribution is 0.0929. The number of phenolic OH excluding ortho intramolecular Hbond substituents is 1. The summed E-state index contributed by atoms with van der Waals surface area (Å²) >= 11 is 0. The van der Waals surface area contributed by atoms with Crippen LogP contribution in [0.2, 0.25) is 0 Å². The second kappa shape index (κ2) is 4.30. The fourth-order valence-corrected chi connectivity index (χ4v) is 2.87. The van der Waals surface area contributed by atoms with Crippen molar-refractivity contribution in [2.24, 2.45) is 5.92 Å². The molecule has 100 valence electrons. The quantitative estimate of drug-likeness (QED) is 0.868. The van der Waals surface area contributed by atoms with Crippen molar-refractivity contribution >= 4 is 16.8 Å². The number of benzene rings is 1. The topological polar surface area (TPSA) is 54.3 Å². The summed E-state index contributed by atoms with van der Waals surface area (Å²) in [6.07, 6.45) is 0.899. The molecule has 1 aliphatic rings. The molecule has 0 unspecified atom stereocenters. The van der Waals surface area contributed by atoms with Gasteiger partial charge in [0.1, 0.15) is 11.4 Å². The molecular formula is C15H18N2O2. The molecule has 0 bridgehead atoms. The molecule has 2 heterocycles. The number of nitrogens with one attached hydrogen (secondary N) is 1. The van der Waals surface area contributed by atoms with Gasteiger partial charge in [-0.15, -0.1) is 0 Å². The van der Waals surface area contributed by atoms with Gasteiger partial charge in [0.05, 0.1) is 5.52 Å². The minimum Gasteiger partial charge on any atom is -0.508 e. The van der Waals surface area contributed by atoms with Gasteiger partial charge in [0.15, 0.2) is 0 Å². The summed E-state index contributed by atoms with van der Waals surface area (Å²) in [4.78, 5) is 11.9. The standard InChI is InChI=1S/C15H18N2O2/c1-9(2)5-10-6-12(18)7-11-8-13-15(19)16-3-4-17(13)14(10)11/h6-9,18H,3-5H2,1-2H3,(H,16,19). The number of phenols is 1. The van der Waals surface area contributed by atoms with Crippen LogP contribution < -0.4 is 5.32 Å². The van der Waals surface area contributed by atoms with E-state index in [4.69, 9.17) is 0 Å². The van der Waals surface area contributed by atoms with Crippen molar-refractivity contribution in [3.63, 3.8) is 0 Å². The molecule has 0 spiro atoms. The molecule has 2 aromatic rings. The van der Waals surface area contributed by atoms with Crippen molar-refractivity contribution in [3.05, 3.63) is 29.5 Å². The van der Waals surface area contributed by atoms with Gasteiger partial charge in [-0.2, -0.15) is 0 Å². The average molecular weight is 258 g/mol. The molecule has 4 heteroatoms. The van der Waals surface area contributed by atoms with Crippen LogP contribution in [0.1, 0.15) is 29.9 Å². The van der Waals surface area contributed by atoms with Crippen LogP contribution in [0.5, 0.6) is 5.75 Å². The largest absolute Gasteiger partial charge is 0.508 e. The highest BCUT2D eigenvalue weighted by Gasteiger charge is 2.21. The lowest BCUT2D eigenvalue weighted by Gasteiger charge is -2.18. The van der Waals surface area contributed by atoms with Crippen LogP contribution in [0.4, 0.5) is 0 Å². The van der Waals surface area contributed by atoms with E-state index in [0.717, 1.165) is 29.4 Å². The van der Waals surface area contributed by atoms with E-state index in [-0.39, 0.29) is 11.7 Å². The van der Waals surface area contributed by atoms with Gasteiger partial charge in [-0.1, -0.05) is 13.8 Å². The lowest BCUT2D eigenvalue weighted by Crippen LogP contribution is -2.35. The predicted molar refractivity (Wildman–Crippen MR) is 74.5 cm³/mol. The van der Waals surface area contributed by atoms with Crippen LogP contribution in [-0.4, -0.2) is 22.1 Å². The molecule has 1 amide bonds. The summed E-state index contributed by atoms with van der Waals surface area (Å²) in [6, 6.07) is 5.42. The fourth-order valence-electron chi connectivity index (χ4n) is 2.87.